The number of hydrogen-bond donors (Lipinski definition) is 0. The lowest BCUT2D eigenvalue weighted by Crippen LogP contribution is -2.45. The van der Waals surface area contributed by atoms with Crippen molar-refractivity contribution in [2.45, 2.75) is 45.3 Å². The van der Waals surface area contributed by atoms with E-state index in [0.29, 0.717) is 29.7 Å². The molecule has 0 unspecified atom stereocenters. The number of fused-ring (bicyclic) bond motifs is 1. The van der Waals surface area contributed by atoms with Gasteiger partial charge in [0.1, 0.15) is 6.10 Å². The van der Waals surface area contributed by atoms with Gasteiger partial charge in [0.25, 0.3) is 11.8 Å². The summed E-state index contributed by atoms with van der Waals surface area (Å²) in [6, 6.07) is 1.13. The number of aromatic nitrogens is 5. The van der Waals surface area contributed by atoms with Crippen molar-refractivity contribution in [3.8, 4) is 17.1 Å². The maximum Gasteiger partial charge on any atom is 0.283 e. The number of hydrogen-bond acceptors (Lipinski definition) is 6. The molecule has 7 nitrogen and oxygen atoms in total. The first-order valence-electron chi connectivity index (χ1n) is 8.49. The van der Waals surface area contributed by atoms with Crippen molar-refractivity contribution in [2.24, 2.45) is 0 Å². The molecule has 0 N–H and O–H groups in total. The molecule has 0 amide bonds. The molecule has 1 atom stereocenters. The molecule has 28 heavy (non-hydrogen) atoms. The number of alkyl halides is 2. The van der Waals surface area contributed by atoms with E-state index in [1.807, 2.05) is 6.92 Å². The molecule has 0 saturated heterocycles. The highest BCUT2D eigenvalue weighted by Gasteiger charge is 2.45. The van der Waals surface area contributed by atoms with Crippen LogP contribution in [0.4, 0.5) is 13.2 Å². The molecule has 3 rings (SSSR count). The fourth-order valence-electron chi connectivity index (χ4n) is 2.32. The van der Waals surface area contributed by atoms with Gasteiger partial charge < -0.3 is 9.47 Å². The minimum absolute atomic E-state index is 0.311. The molecule has 0 aliphatic carbocycles. The zero-order chi connectivity index (χ0) is 20.7. The molecule has 3 heterocycles. The van der Waals surface area contributed by atoms with Gasteiger partial charge in [0.15, 0.2) is 22.9 Å². The Labute approximate surface area is 159 Å². The molecule has 0 saturated carbocycles. The molecule has 0 aromatic carbocycles. The summed E-state index contributed by atoms with van der Waals surface area (Å²) in [4.78, 5) is 8.09. The second-order valence-corrected chi connectivity index (χ2v) is 6.95. The van der Waals surface area contributed by atoms with E-state index < -0.39 is 23.2 Å². The maximum atomic E-state index is 14.5. The molecule has 3 aromatic rings. The Bertz CT molecular complexity index is 1000. The molecular weight excluding hydrogens is 375 g/mol. The first kappa shape index (κ1) is 20.0. The number of pyridine rings is 1. The Kier molecular flexibility index (Phi) is 5.00. The van der Waals surface area contributed by atoms with Crippen molar-refractivity contribution >= 4 is 5.65 Å². The van der Waals surface area contributed by atoms with E-state index in [1.165, 1.54) is 26.2 Å². The first-order valence-corrected chi connectivity index (χ1v) is 8.49. The van der Waals surface area contributed by atoms with E-state index in [-0.39, 0.29) is 6.10 Å². The molecule has 0 aliphatic heterocycles. The van der Waals surface area contributed by atoms with Gasteiger partial charge in [0, 0.05) is 32.0 Å². The van der Waals surface area contributed by atoms with Crippen LogP contribution in [0.1, 0.15) is 39.6 Å². The van der Waals surface area contributed by atoms with Crippen LogP contribution in [0, 0.1) is 5.82 Å². The normalized spacial score (nSPS) is 13.7. The van der Waals surface area contributed by atoms with E-state index >= 15 is 0 Å². The zero-order valence-electron chi connectivity index (χ0n) is 16.1. The van der Waals surface area contributed by atoms with Crippen molar-refractivity contribution in [2.75, 3.05) is 7.11 Å². The second-order valence-electron chi connectivity index (χ2n) is 6.95. The lowest BCUT2D eigenvalue weighted by atomic mass is 10.0. The van der Waals surface area contributed by atoms with Gasteiger partial charge in [0.05, 0.1) is 11.9 Å². The number of nitrogens with zero attached hydrogens (tertiary/aromatic N) is 5. The van der Waals surface area contributed by atoms with Crippen LogP contribution in [-0.2, 0) is 4.74 Å². The van der Waals surface area contributed by atoms with Crippen molar-refractivity contribution < 1.29 is 22.6 Å². The number of rotatable bonds is 6. The van der Waals surface area contributed by atoms with Gasteiger partial charge in [-0.15, -0.1) is 10.2 Å². The highest BCUT2D eigenvalue weighted by atomic mass is 19.3. The Morgan fingerprint density at radius 2 is 1.82 bits per heavy atom. The quantitative estimate of drug-likeness (QED) is 0.631. The number of methoxy groups -OCH3 is 1. The molecule has 150 valence electrons. The van der Waals surface area contributed by atoms with Gasteiger partial charge in [-0.25, -0.2) is 18.2 Å². The van der Waals surface area contributed by atoms with Crippen LogP contribution in [0.15, 0.2) is 24.7 Å². The molecule has 0 radical (unpaired) electrons. The lowest BCUT2D eigenvalue weighted by Gasteiger charge is -2.31. The van der Waals surface area contributed by atoms with Crippen LogP contribution < -0.4 is 4.74 Å². The third-order valence-electron chi connectivity index (χ3n) is 4.55. The van der Waals surface area contributed by atoms with E-state index in [9.17, 15) is 13.2 Å². The molecule has 3 aromatic heterocycles. The topological polar surface area (TPSA) is 74.4 Å². The van der Waals surface area contributed by atoms with Gasteiger partial charge in [-0.3, -0.25) is 9.38 Å². The molecule has 0 aliphatic rings. The fraction of sp³-hybridized carbons (Fsp3) is 0.444. The summed E-state index contributed by atoms with van der Waals surface area (Å²) in [7, 11) is 1.55. The molecule has 10 heteroatoms. The number of halogens is 3. The van der Waals surface area contributed by atoms with Crippen LogP contribution in [0.3, 0.4) is 0 Å². The number of ether oxygens (including phenoxy) is 2. The molecule has 0 bridgehead atoms. The maximum absolute atomic E-state index is 14.5. The highest BCUT2D eigenvalue weighted by Crippen LogP contribution is 2.33. The summed E-state index contributed by atoms with van der Waals surface area (Å²) in [5.41, 5.74) is -0.678. The van der Waals surface area contributed by atoms with Crippen molar-refractivity contribution in [3.63, 3.8) is 0 Å². The first-order chi connectivity index (χ1) is 13.0. The predicted octanol–water partition coefficient (Wildman–Crippen LogP) is 3.85. The van der Waals surface area contributed by atoms with Crippen molar-refractivity contribution in [1.82, 2.24) is 24.6 Å². The Balaban J connectivity index is 1.96. The molecular formula is C18H20F3N5O2. The van der Waals surface area contributed by atoms with E-state index in [4.69, 9.17) is 9.47 Å². The van der Waals surface area contributed by atoms with Gasteiger partial charge in [-0.2, -0.15) is 0 Å². The minimum atomic E-state index is -3.19. The largest absolute Gasteiger partial charge is 0.463 e. The summed E-state index contributed by atoms with van der Waals surface area (Å²) < 4.78 is 53.7. The molecule has 0 fully saturated rings. The average molecular weight is 395 g/mol. The van der Waals surface area contributed by atoms with Crippen LogP contribution >= 0.6 is 0 Å². The van der Waals surface area contributed by atoms with E-state index in [1.54, 1.807) is 17.7 Å². The van der Waals surface area contributed by atoms with Gasteiger partial charge in [-0.1, -0.05) is 0 Å². The van der Waals surface area contributed by atoms with Crippen LogP contribution in [-0.4, -0.2) is 43.2 Å². The summed E-state index contributed by atoms with van der Waals surface area (Å²) in [5, 5.41) is 8.07. The summed E-state index contributed by atoms with van der Waals surface area (Å²) in [5.74, 6) is -4.00. The molecule has 0 spiro atoms. The van der Waals surface area contributed by atoms with Gasteiger partial charge >= 0.3 is 0 Å². The van der Waals surface area contributed by atoms with Crippen LogP contribution in [0.25, 0.3) is 16.9 Å². The van der Waals surface area contributed by atoms with E-state index in [0.717, 1.165) is 6.07 Å². The Morgan fingerprint density at radius 1 is 1.11 bits per heavy atom. The second kappa shape index (κ2) is 7.01. The van der Waals surface area contributed by atoms with E-state index in [2.05, 4.69) is 20.2 Å². The third-order valence-corrected chi connectivity index (χ3v) is 4.55. The lowest BCUT2D eigenvalue weighted by molar-refractivity contribution is -0.136. The average Bonchev–Trinajstić information content (AvgIpc) is 3.04. The SMILES string of the molecule is CO[C@H](C)c1nnc2cnc(-c3cnc(OC(C)(C)C(C)(F)F)c(F)c3)cn12. The fourth-order valence-corrected chi connectivity index (χ4v) is 2.32. The van der Waals surface area contributed by atoms with Crippen molar-refractivity contribution in [3.05, 3.63) is 36.3 Å². The minimum Gasteiger partial charge on any atom is -0.463 e. The van der Waals surface area contributed by atoms with Crippen LogP contribution in [0.2, 0.25) is 0 Å². The Hall–Kier alpha value is -2.75. The zero-order valence-corrected chi connectivity index (χ0v) is 16.1. The predicted molar refractivity (Wildman–Crippen MR) is 94.7 cm³/mol. The monoisotopic (exact) mass is 395 g/mol. The Morgan fingerprint density at radius 3 is 2.43 bits per heavy atom. The summed E-state index contributed by atoms with van der Waals surface area (Å²) in [6.45, 7) is 4.86. The van der Waals surface area contributed by atoms with Gasteiger partial charge in [0.2, 0.25) is 0 Å². The standard InChI is InChI=1S/C18H20F3N5O2/c1-10(27-5)15-25-24-14-8-22-13(9-26(14)15)11-6-12(19)16(23-7-11)28-17(2,3)18(4,20)21/h6-10H,1-5H3/t10-/m1/s1. The van der Waals surface area contributed by atoms with Crippen LogP contribution in [0.5, 0.6) is 5.88 Å². The smallest absolute Gasteiger partial charge is 0.283 e. The third kappa shape index (κ3) is 3.64. The highest BCUT2D eigenvalue weighted by molar-refractivity contribution is 5.59. The van der Waals surface area contributed by atoms with Gasteiger partial charge in [-0.05, 0) is 26.8 Å². The summed E-state index contributed by atoms with van der Waals surface area (Å²) >= 11 is 0. The van der Waals surface area contributed by atoms with Crippen molar-refractivity contribution in [1.29, 1.82) is 0 Å². The summed E-state index contributed by atoms with van der Waals surface area (Å²) in [6.07, 6.45) is 4.10.